The van der Waals surface area contributed by atoms with Crippen LogP contribution in [0.5, 0.6) is 0 Å². The third-order valence-electron chi connectivity index (χ3n) is 16.3. The first kappa shape index (κ1) is 32.4. The molecule has 6 aromatic rings. The lowest BCUT2D eigenvalue weighted by atomic mass is 9.26. The van der Waals surface area contributed by atoms with Gasteiger partial charge in [0.05, 0.1) is 5.69 Å². The van der Waals surface area contributed by atoms with Crippen LogP contribution in [0.3, 0.4) is 0 Å². The number of hydrogen-bond donors (Lipinski definition) is 0. The summed E-state index contributed by atoms with van der Waals surface area (Å²) in [5.74, 6) is 3.43. The van der Waals surface area contributed by atoms with Gasteiger partial charge in [0, 0.05) is 16.8 Å². The van der Waals surface area contributed by atoms with Gasteiger partial charge in [-0.05, 0) is 164 Å². The van der Waals surface area contributed by atoms with Gasteiger partial charge in [-0.2, -0.15) is 0 Å². The standard InChI is InChI=1S/C54H51N/c1-51(2)26-27-52(3,4)50-45(51)20-13-21-46(50)55(39-24-22-36(23-25-39)35-14-7-5-8-15-35)40-31-42(37-16-9-6-10-17-37)49-43(32-40)41-18-11-12-19-44(41)54(49)47-29-34-28-38-30-48(54)53(38,47)33-34/h5-25,31-32,34,38,47-48H,26-30,33H2,1-4H3. The molecule has 6 aliphatic rings. The molecule has 0 aliphatic heterocycles. The van der Waals surface area contributed by atoms with E-state index in [1.54, 1.807) is 11.1 Å². The Hall–Kier alpha value is -4.88. The Kier molecular flexibility index (Phi) is 6.42. The van der Waals surface area contributed by atoms with Gasteiger partial charge in [-0.1, -0.05) is 137 Å². The highest BCUT2D eigenvalue weighted by atomic mass is 15.1. The molecule has 6 unspecified atom stereocenters. The molecule has 4 saturated carbocycles. The van der Waals surface area contributed by atoms with E-state index in [9.17, 15) is 0 Å². The molecular formula is C54H51N. The second-order valence-corrected chi connectivity index (χ2v) is 19.6. The maximum Gasteiger partial charge on any atom is 0.0502 e. The van der Waals surface area contributed by atoms with E-state index in [-0.39, 0.29) is 16.2 Å². The molecule has 6 aromatic carbocycles. The molecule has 4 fully saturated rings. The molecule has 0 heterocycles. The van der Waals surface area contributed by atoms with Crippen LogP contribution in [0, 0.1) is 29.1 Å². The van der Waals surface area contributed by atoms with Crippen molar-refractivity contribution >= 4 is 17.1 Å². The van der Waals surface area contributed by atoms with Crippen molar-refractivity contribution in [1.29, 1.82) is 0 Å². The zero-order chi connectivity index (χ0) is 36.9. The van der Waals surface area contributed by atoms with Gasteiger partial charge >= 0.3 is 0 Å². The fourth-order valence-corrected chi connectivity index (χ4v) is 14.2. The van der Waals surface area contributed by atoms with Crippen molar-refractivity contribution in [1.82, 2.24) is 0 Å². The quantitative estimate of drug-likeness (QED) is 0.172. The van der Waals surface area contributed by atoms with Crippen LogP contribution in [0.4, 0.5) is 17.1 Å². The molecular weight excluding hydrogens is 663 g/mol. The van der Waals surface area contributed by atoms with Gasteiger partial charge in [0.15, 0.2) is 0 Å². The molecule has 12 rings (SSSR count). The lowest BCUT2D eigenvalue weighted by molar-refractivity contribution is -0.231. The molecule has 2 bridgehead atoms. The summed E-state index contributed by atoms with van der Waals surface area (Å²) in [4.78, 5) is 2.64. The van der Waals surface area contributed by atoms with Gasteiger partial charge in [-0.25, -0.2) is 0 Å². The number of benzene rings is 6. The van der Waals surface area contributed by atoms with Gasteiger partial charge in [0.25, 0.3) is 0 Å². The molecule has 0 radical (unpaired) electrons. The van der Waals surface area contributed by atoms with E-state index in [0.29, 0.717) is 5.41 Å². The smallest absolute Gasteiger partial charge is 0.0502 e. The zero-order valence-electron chi connectivity index (χ0n) is 32.8. The molecule has 55 heavy (non-hydrogen) atoms. The van der Waals surface area contributed by atoms with Crippen LogP contribution in [-0.4, -0.2) is 0 Å². The number of anilines is 3. The zero-order valence-corrected chi connectivity index (χ0v) is 32.8. The lowest BCUT2D eigenvalue weighted by Gasteiger charge is -2.76. The third-order valence-corrected chi connectivity index (χ3v) is 16.3. The highest BCUT2D eigenvalue weighted by Gasteiger charge is 2.84. The van der Waals surface area contributed by atoms with E-state index in [2.05, 4.69) is 172 Å². The minimum atomic E-state index is 0.0438. The van der Waals surface area contributed by atoms with Crippen molar-refractivity contribution < 1.29 is 0 Å². The normalized spacial score (nSPS) is 29.1. The molecule has 6 aliphatic carbocycles. The summed E-state index contributed by atoms with van der Waals surface area (Å²) >= 11 is 0. The van der Waals surface area contributed by atoms with Crippen LogP contribution >= 0.6 is 0 Å². The molecule has 1 heteroatoms. The van der Waals surface area contributed by atoms with Crippen LogP contribution in [0.25, 0.3) is 33.4 Å². The van der Waals surface area contributed by atoms with Gasteiger partial charge in [-0.15, -0.1) is 0 Å². The SMILES string of the molecule is CC1(C)CCC(C)(C)c2c(N(c3ccc(-c4ccccc4)cc3)c3cc(-c4ccccc4)c4c(c3)-c3ccccc3C43C4CC5CC6CC3C64C5)cccc21. The maximum absolute atomic E-state index is 2.64. The summed E-state index contributed by atoms with van der Waals surface area (Å²) in [5, 5.41) is 0. The molecule has 2 spiro atoms. The van der Waals surface area contributed by atoms with Crippen LogP contribution < -0.4 is 4.90 Å². The van der Waals surface area contributed by atoms with Crippen molar-refractivity contribution in [3.05, 3.63) is 162 Å². The first-order valence-electron chi connectivity index (χ1n) is 21.2. The van der Waals surface area contributed by atoms with E-state index >= 15 is 0 Å². The molecule has 0 amide bonds. The number of hydrogen-bond acceptors (Lipinski definition) is 1. The van der Waals surface area contributed by atoms with E-state index in [4.69, 9.17) is 0 Å². The van der Waals surface area contributed by atoms with Crippen molar-refractivity contribution in [3.63, 3.8) is 0 Å². The highest BCUT2D eigenvalue weighted by molar-refractivity contribution is 5.95. The van der Waals surface area contributed by atoms with Crippen molar-refractivity contribution in [2.45, 2.75) is 82.5 Å². The monoisotopic (exact) mass is 713 g/mol. The van der Waals surface area contributed by atoms with Crippen molar-refractivity contribution in [2.24, 2.45) is 29.1 Å². The fraction of sp³-hybridized carbons (Fsp3) is 0.333. The van der Waals surface area contributed by atoms with Crippen molar-refractivity contribution in [3.8, 4) is 33.4 Å². The number of nitrogens with zero attached hydrogens (tertiary/aromatic N) is 1. The fourth-order valence-electron chi connectivity index (χ4n) is 14.2. The summed E-state index contributed by atoms with van der Waals surface area (Å²) in [6.07, 6.45) is 8.18. The largest absolute Gasteiger partial charge is 0.310 e. The number of rotatable bonds is 5. The molecule has 0 saturated heterocycles. The molecule has 272 valence electrons. The Morgan fingerprint density at radius 3 is 1.89 bits per heavy atom. The van der Waals surface area contributed by atoms with Gasteiger partial charge < -0.3 is 4.90 Å². The summed E-state index contributed by atoms with van der Waals surface area (Å²) < 4.78 is 0. The van der Waals surface area contributed by atoms with Crippen molar-refractivity contribution in [2.75, 3.05) is 4.90 Å². The van der Waals surface area contributed by atoms with E-state index < -0.39 is 0 Å². The van der Waals surface area contributed by atoms with Crippen LogP contribution in [0.15, 0.2) is 140 Å². The molecule has 0 aromatic heterocycles. The van der Waals surface area contributed by atoms with Gasteiger partial charge in [0.1, 0.15) is 0 Å². The molecule has 0 N–H and O–H groups in total. The van der Waals surface area contributed by atoms with Crippen LogP contribution in [0.1, 0.15) is 88.5 Å². The van der Waals surface area contributed by atoms with E-state index in [1.807, 2.05) is 0 Å². The Morgan fingerprint density at radius 2 is 1.13 bits per heavy atom. The molecule has 6 atom stereocenters. The average Bonchev–Trinajstić information content (AvgIpc) is 3.85. The summed E-state index contributed by atoms with van der Waals surface area (Å²) in [5.41, 5.74) is 19.2. The summed E-state index contributed by atoms with van der Waals surface area (Å²) in [6.45, 7) is 9.87. The topological polar surface area (TPSA) is 3.24 Å². The lowest BCUT2D eigenvalue weighted by Crippen LogP contribution is -2.73. The Balaban J connectivity index is 1.13. The predicted molar refractivity (Wildman–Crippen MR) is 228 cm³/mol. The predicted octanol–water partition coefficient (Wildman–Crippen LogP) is 14.2. The van der Waals surface area contributed by atoms with E-state index in [1.165, 1.54) is 100 Å². The second-order valence-electron chi connectivity index (χ2n) is 19.6. The third kappa shape index (κ3) is 4.05. The van der Waals surface area contributed by atoms with Gasteiger partial charge in [0.2, 0.25) is 0 Å². The first-order chi connectivity index (χ1) is 26.7. The Labute approximate surface area is 327 Å². The summed E-state index contributed by atoms with van der Waals surface area (Å²) in [6, 6.07) is 53.7. The van der Waals surface area contributed by atoms with Crippen LogP contribution in [-0.2, 0) is 16.2 Å². The minimum absolute atomic E-state index is 0.0438. The maximum atomic E-state index is 2.64. The summed E-state index contributed by atoms with van der Waals surface area (Å²) in [7, 11) is 0. The van der Waals surface area contributed by atoms with Crippen LogP contribution in [0.2, 0.25) is 0 Å². The Morgan fingerprint density at radius 1 is 0.491 bits per heavy atom. The van der Waals surface area contributed by atoms with E-state index in [0.717, 1.165) is 23.7 Å². The average molecular weight is 714 g/mol. The highest BCUT2D eigenvalue weighted by Crippen LogP contribution is 2.90. The molecule has 1 nitrogen and oxygen atoms in total. The number of fused-ring (bicyclic) bond motifs is 9. The Bertz CT molecular complexity index is 2530. The first-order valence-corrected chi connectivity index (χ1v) is 21.2. The van der Waals surface area contributed by atoms with Gasteiger partial charge in [-0.3, -0.25) is 0 Å². The second kappa shape index (κ2) is 10.9. The minimum Gasteiger partial charge on any atom is -0.310 e.